The number of benzene rings is 2. The number of rotatable bonds is 7. The smallest absolute Gasteiger partial charge is 0.305 e. The van der Waals surface area contributed by atoms with Gasteiger partial charge in [0.1, 0.15) is 5.75 Å². The minimum atomic E-state index is -1.02. The Kier molecular flexibility index (Phi) is 6.81. The van der Waals surface area contributed by atoms with Crippen LogP contribution in [0.15, 0.2) is 42.5 Å². The summed E-state index contributed by atoms with van der Waals surface area (Å²) in [6, 6.07) is 11.0. The molecule has 1 aliphatic carbocycles. The van der Waals surface area contributed by atoms with E-state index in [0.29, 0.717) is 10.6 Å². The van der Waals surface area contributed by atoms with Crippen LogP contribution < -0.4 is 10.1 Å². The van der Waals surface area contributed by atoms with Gasteiger partial charge in [0, 0.05) is 5.02 Å². The van der Waals surface area contributed by atoms with E-state index in [1.807, 2.05) is 12.1 Å². The number of aliphatic carboxylic acids is 1. The van der Waals surface area contributed by atoms with Crippen molar-refractivity contribution in [2.75, 3.05) is 0 Å². The average Bonchev–Trinajstić information content (AvgIpc) is 3.14. The van der Waals surface area contributed by atoms with Crippen molar-refractivity contribution in [3.63, 3.8) is 0 Å². The van der Waals surface area contributed by atoms with Crippen molar-refractivity contribution in [2.24, 2.45) is 0 Å². The molecule has 2 N–H and O–H groups in total. The number of nitrogens with one attached hydrogen (secondary N) is 1. The number of carboxylic acids is 1. The Hall–Kier alpha value is -2.24. The lowest BCUT2D eigenvalue weighted by Gasteiger charge is -2.19. The molecule has 1 fully saturated rings. The van der Waals surface area contributed by atoms with E-state index >= 15 is 0 Å². The molecule has 3 rings (SSSR count). The normalized spacial score (nSPS) is 15.2. The molecule has 5 nitrogen and oxygen atoms in total. The monoisotopic (exact) mass is 421 g/mol. The summed E-state index contributed by atoms with van der Waals surface area (Å²) in [6.45, 7) is 0. The Morgan fingerprint density at radius 1 is 1.11 bits per heavy atom. The Morgan fingerprint density at radius 2 is 1.79 bits per heavy atom. The summed E-state index contributed by atoms with van der Waals surface area (Å²) in [5.41, 5.74) is 0.919. The standard InChI is InChI=1S/C21H21Cl2NO4/c22-14-7-10-17(18(23)11-14)21(27)24-19(12-20(25)26)13-5-8-16(9-6-13)28-15-3-1-2-4-15/h5-11,15,19H,1-4,12H2,(H,24,27)(H,25,26)/t19-/m1/s1. The predicted octanol–water partition coefficient (Wildman–Crippen LogP) is 5.26. The zero-order valence-electron chi connectivity index (χ0n) is 15.2. The number of amides is 1. The number of hydrogen-bond donors (Lipinski definition) is 2. The third-order valence-electron chi connectivity index (χ3n) is 4.75. The summed E-state index contributed by atoms with van der Waals surface area (Å²) in [6.07, 6.45) is 4.47. The number of hydrogen-bond acceptors (Lipinski definition) is 3. The second-order valence-electron chi connectivity index (χ2n) is 6.84. The third-order valence-corrected chi connectivity index (χ3v) is 5.30. The molecule has 7 heteroatoms. The predicted molar refractivity (Wildman–Crippen MR) is 108 cm³/mol. The molecule has 0 unspecified atom stereocenters. The molecule has 0 saturated heterocycles. The maximum Gasteiger partial charge on any atom is 0.305 e. The molecule has 0 bridgehead atoms. The molecule has 0 radical (unpaired) electrons. The van der Waals surface area contributed by atoms with Crippen LogP contribution in [0.3, 0.4) is 0 Å². The molecule has 1 saturated carbocycles. The van der Waals surface area contributed by atoms with E-state index in [1.54, 1.807) is 18.2 Å². The number of carboxylic acid groups (broad SMARTS) is 1. The maximum absolute atomic E-state index is 12.6. The van der Waals surface area contributed by atoms with Gasteiger partial charge in [0.05, 0.1) is 29.2 Å². The zero-order valence-corrected chi connectivity index (χ0v) is 16.7. The van der Waals surface area contributed by atoms with Crippen molar-refractivity contribution in [1.29, 1.82) is 0 Å². The first-order chi connectivity index (χ1) is 13.4. The Labute approximate surface area is 173 Å². The fourth-order valence-corrected chi connectivity index (χ4v) is 3.81. The molecule has 2 aromatic carbocycles. The number of carbonyl (C=O) groups is 2. The second kappa shape index (κ2) is 9.30. The van der Waals surface area contributed by atoms with Crippen molar-refractivity contribution in [3.05, 3.63) is 63.6 Å². The van der Waals surface area contributed by atoms with Crippen molar-refractivity contribution >= 4 is 35.1 Å². The first-order valence-corrected chi connectivity index (χ1v) is 9.92. The van der Waals surface area contributed by atoms with E-state index in [0.717, 1.165) is 18.6 Å². The number of ether oxygens (including phenoxy) is 1. The van der Waals surface area contributed by atoms with Gasteiger partial charge < -0.3 is 15.2 Å². The average molecular weight is 422 g/mol. The van der Waals surface area contributed by atoms with Crippen LogP contribution in [0.4, 0.5) is 0 Å². The fraction of sp³-hybridized carbons (Fsp3) is 0.333. The Bertz CT molecular complexity index is 848. The Morgan fingerprint density at radius 3 is 2.39 bits per heavy atom. The molecule has 28 heavy (non-hydrogen) atoms. The van der Waals surface area contributed by atoms with Crippen LogP contribution in [0, 0.1) is 0 Å². The molecule has 1 aliphatic rings. The topological polar surface area (TPSA) is 75.6 Å². The summed E-state index contributed by atoms with van der Waals surface area (Å²) in [5, 5.41) is 12.6. The van der Waals surface area contributed by atoms with Gasteiger partial charge >= 0.3 is 5.97 Å². The van der Waals surface area contributed by atoms with Gasteiger partial charge in [0.2, 0.25) is 0 Å². The lowest BCUT2D eigenvalue weighted by atomic mass is 10.0. The van der Waals surface area contributed by atoms with Crippen LogP contribution in [0.25, 0.3) is 0 Å². The quantitative estimate of drug-likeness (QED) is 0.638. The van der Waals surface area contributed by atoms with Crippen molar-refractivity contribution in [1.82, 2.24) is 5.32 Å². The first-order valence-electron chi connectivity index (χ1n) is 9.16. The molecule has 1 atom stereocenters. The molecule has 0 aliphatic heterocycles. The van der Waals surface area contributed by atoms with Crippen LogP contribution in [0.1, 0.15) is 54.1 Å². The van der Waals surface area contributed by atoms with Crippen LogP contribution in [0.2, 0.25) is 10.0 Å². The summed E-state index contributed by atoms with van der Waals surface area (Å²) < 4.78 is 5.93. The van der Waals surface area contributed by atoms with Gasteiger partial charge in [-0.25, -0.2) is 0 Å². The third kappa shape index (κ3) is 5.40. The minimum Gasteiger partial charge on any atom is -0.490 e. The number of carbonyl (C=O) groups excluding carboxylic acids is 1. The van der Waals surface area contributed by atoms with Gasteiger partial charge in [0.15, 0.2) is 0 Å². The molecule has 2 aromatic rings. The van der Waals surface area contributed by atoms with Gasteiger partial charge in [-0.05, 0) is 61.6 Å². The molecule has 0 spiro atoms. The second-order valence-corrected chi connectivity index (χ2v) is 7.69. The van der Waals surface area contributed by atoms with E-state index in [4.69, 9.17) is 27.9 Å². The van der Waals surface area contributed by atoms with E-state index in [9.17, 15) is 14.7 Å². The van der Waals surface area contributed by atoms with E-state index in [2.05, 4.69) is 5.32 Å². The first kappa shape index (κ1) is 20.5. The van der Waals surface area contributed by atoms with E-state index in [1.165, 1.54) is 25.0 Å². The summed E-state index contributed by atoms with van der Waals surface area (Å²) in [4.78, 5) is 23.9. The molecular weight excluding hydrogens is 401 g/mol. The highest BCUT2D eigenvalue weighted by molar-refractivity contribution is 6.36. The molecule has 148 valence electrons. The highest BCUT2D eigenvalue weighted by atomic mass is 35.5. The summed E-state index contributed by atoms with van der Waals surface area (Å²) >= 11 is 11.9. The van der Waals surface area contributed by atoms with Crippen LogP contribution in [0.5, 0.6) is 5.75 Å². The van der Waals surface area contributed by atoms with Gasteiger partial charge in [-0.2, -0.15) is 0 Å². The lowest BCUT2D eigenvalue weighted by Crippen LogP contribution is -2.30. The highest BCUT2D eigenvalue weighted by Gasteiger charge is 2.21. The summed E-state index contributed by atoms with van der Waals surface area (Å²) in [5.74, 6) is -0.727. The van der Waals surface area contributed by atoms with Gasteiger partial charge in [-0.1, -0.05) is 35.3 Å². The zero-order chi connectivity index (χ0) is 20.1. The molecule has 0 aromatic heterocycles. The fourth-order valence-electron chi connectivity index (χ4n) is 3.31. The van der Waals surface area contributed by atoms with Crippen LogP contribution in [-0.2, 0) is 4.79 Å². The minimum absolute atomic E-state index is 0.208. The van der Waals surface area contributed by atoms with Gasteiger partial charge in [0.25, 0.3) is 5.91 Å². The van der Waals surface area contributed by atoms with E-state index < -0.39 is 17.9 Å². The maximum atomic E-state index is 12.6. The SMILES string of the molecule is O=C(O)C[C@@H](NC(=O)c1ccc(Cl)cc1Cl)c1ccc(OC2CCCC2)cc1. The Balaban J connectivity index is 1.73. The van der Waals surface area contributed by atoms with Crippen molar-refractivity contribution in [3.8, 4) is 5.75 Å². The van der Waals surface area contributed by atoms with Gasteiger partial charge in [-0.3, -0.25) is 9.59 Å². The summed E-state index contributed by atoms with van der Waals surface area (Å²) in [7, 11) is 0. The lowest BCUT2D eigenvalue weighted by molar-refractivity contribution is -0.137. The van der Waals surface area contributed by atoms with Crippen LogP contribution in [-0.4, -0.2) is 23.1 Å². The van der Waals surface area contributed by atoms with E-state index in [-0.39, 0.29) is 23.1 Å². The van der Waals surface area contributed by atoms with Crippen LogP contribution >= 0.6 is 23.2 Å². The molecule has 1 amide bonds. The molecule has 0 heterocycles. The number of halogens is 2. The van der Waals surface area contributed by atoms with Crippen molar-refractivity contribution in [2.45, 2.75) is 44.2 Å². The van der Waals surface area contributed by atoms with Crippen molar-refractivity contribution < 1.29 is 19.4 Å². The van der Waals surface area contributed by atoms with Gasteiger partial charge in [-0.15, -0.1) is 0 Å². The largest absolute Gasteiger partial charge is 0.490 e. The highest BCUT2D eigenvalue weighted by Crippen LogP contribution is 2.27. The molecular formula is C21H21Cl2NO4.